The first kappa shape index (κ1) is 15.6. The van der Waals surface area contributed by atoms with Gasteiger partial charge in [-0.2, -0.15) is 0 Å². The predicted octanol–water partition coefficient (Wildman–Crippen LogP) is 2.96. The monoisotopic (exact) mass is 311 g/mol. The van der Waals surface area contributed by atoms with E-state index >= 15 is 0 Å². The molecule has 1 N–H and O–H groups in total. The summed E-state index contributed by atoms with van der Waals surface area (Å²) in [6.07, 6.45) is 1.14. The molecule has 1 atom stereocenters. The minimum absolute atomic E-state index is 0.142. The first-order chi connectivity index (χ1) is 11.2. The van der Waals surface area contributed by atoms with Crippen LogP contribution in [-0.4, -0.2) is 29.0 Å². The number of nitrogens with one attached hydrogen (secondary N) is 1. The van der Waals surface area contributed by atoms with E-state index in [1.807, 2.05) is 18.2 Å². The Balaban J connectivity index is 1.45. The fraction of sp³-hybridized carbons (Fsp3) is 0.333. The molecule has 0 radical (unpaired) electrons. The molecule has 1 aliphatic heterocycles. The zero-order valence-electron chi connectivity index (χ0n) is 13.0. The Morgan fingerprint density at radius 3 is 2.52 bits per heavy atom. The molecular formula is C18H21N3O2. The lowest BCUT2D eigenvalue weighted by atomic mass is 10.2. The average molecular weight is 311 g/mol. The third kappa shape index (κ3) is 4.37. The van der Waals surface area contributed by atoms with E-state index in [1.54, 1.807) is 12.1 Å². The van der Waals surface area contributed by atoms with Gasteiger partial charge in [0, 0.05) is 44.4 Å². The van der Waals surface area contributed by atoms with Gasteiger partial charge in [-0.3, -0.25) is 15.0 Å². The van der Waals surface area contributed by atoms with Crippen LogP contribution in [0.1, 0.15) is 17.5 Å². The summed E-state index contributed by atoms with van der Waals surface area (Å²) in [4.78, 5) is 12.7. The summed E-state index contributed by atoms with van der Waals surface area (Å²) in [5, 5.41) is 14.2. The highest BCUT2D eigenvalue weighted by Crippen LogP contribution is 2.15. The lowest BCUT2D eigenvalue weighted by molar-refractivity contribution is -0.384. The number of nitro groups is 1. The maximum absolute atomic E-state index is 10.6. The fourth-order valence-electron chi connectivity index (χ4n) is 2.98. The van der Waals surface area contributed by atoms with Crippen molar-refractivity contribution in [1.29, 1.82) is 0 Å². The normalized spacial score (nSPS) is 18.2. The van der Waals surface area contributed by atoms with E-state index in [2.05, 4.69) is 34.5 Å². The summed E-state index contributed by atoms with van der Waals surface area (Å²) in [6, 6.07) is 17.8. The summed E-state index contributed by atoms with van der Waals surface area (Å²) >= 11 is 0. The first-order valence-electron chi connectivity index (χ1n) is 7.94. The summed E-state index contributed by atoms with van der Waals surface area (Å²) in [6.45, 7) is 3.90. The van der Waals surface area contributed by atoms with E-state index in [0.717, 1.165) is 38.2 Å². The highest BCUT2D eigenvalue weighted by molar-refractivity contribution is 5.32. The zero-order valence-corrected chi connectivity index (χ0v) is 13.0. The second-order valence-corrected chi connectivity index (χ2v) is 6.01. The van der Waals surface area contributed by atoms with Crippen LogP contribution in [0.5, 0.6) is 0 Å². The van der Waals surface area contributed by atoms with Crippen molar-refractivity contribution >= 4 is 5.69 Å². The number of rotatable bonds is 6. The molecule has 1 fully saturated rings. The second-order valence-electron chi connectivity index (χ2n) is 6.01. The van der Waals surface area contributed by atoms with Gasteiger partial charge in [0.2, 0.25) is 0 Å². The van der Waals surface area contributed by atoms with E-state index in [0.29, 0.717) is 6.04 Å². The highest BCUT2D eigenvalue weighted by atomic mass is 16.6. The molecule has 0 spiro atoms. The number of nitrogens with zero attached hydrogens (tertiary/aromatic N) is 2. The van der Waals surface area contributed by atoms with Crippen LogP contribution in [0.2, 0.25) is 0 Å². The van der Waals surface area contributed by atoms with Crippen LogP contribution in [-0.2, 0) is 13.1 Å². The Bertz CT molecular complexity index is 643. The van der Waals surface area contributed by atoms with Gasteiger partial charge in [-0.1, -0.05) is 42.5 Å². The maximum atomic E-state index is 10.6. The first-order valence-corrected chi connectivity index (χ1v) is 7.94. The quantitative estimate of drug-likeness (QED) is 0.658. The molecule has 1 saturated heterocycles. The van der Waals surface area contributed by atoms with Gasteiger partial charge >= 0.3 is 0 Å². The molecule has 0 aromatic heterocycles. The Morgan fingerprint density at radius 2 is 1.83 bits per heavy atom. The van der Waals surface area contributed by atoms with Crippen LogP contribution in [0.25, 0.3) is 0 Å². The largest absolute Gasteiger partial charge is 0.309 e. The van der Waals surface area contributed by atoms with Crippen molar-refractivity contribution < 1.29 is 4.92 Å². The van der Waals surface area contributed by atoms with Crippen LogP contribution >= 0.6 is 0 Å². The van der Waals surface area contributed by atoms with Crippen molar-refractivity contribution in [2.24, 2.45) is 0 Å². The summed E-state index contributed by atoms with van der Waals surface area (Å²) in [5.74, 6) is 0. The van der Waals surface area contributed by atoms with Crippen molar-refractivity contribution in [1.82, 2.24) is 10.2 Å². The average Bonchev–Trinajstić information content (AvgIpc) is 3.02. The molecule has 0 saturated carbocycles. The van der Waals surface area contributed by atoms with Crippen molar-refractivity contribution in [3.63, 3.8) is 0 Å². The van der Waals surface area contributed by atoms with E-state index in [4.69, 9.17) is 0 Å². The van der Waals surface area contributed by atoms with Gasteiger partial charge in [-0.15, -0.1) is 0 Å². The number of non-ortho nitro benzene ring substituents is 1. The maximum Gasteiger partial charge on any atom is 0.269 e. The highest BCUT2D eigenvalue weighted by Gasteiger charge is 2.21. The molecule has 120 valence electrons. The van der Waals surface area contributed by atoms with Gasteiger partial charge in [0.25, 0.3) is 5.69 Å². The van der Waals surface area contributed by atoms with Crippen LogP contribution in [0, 0.1) is 10.1 Å². The van der Waals surface area contributed by atoms with Crippen LogP contribution in [0.4, 0.5) is 5.69 Å². The second kappa shape index (κ2) is 7.35. The van der Waals surface area contributed by atoms with E-state index in [-0.39, 0.29) is 10.6 Å². The smallest absolute Gasteiger partial charge is 0.269 e. The van der Waals surface area contributed by atoms with Gasteiger partial charge < -0.3 is 5.32 Å². The Hall–Kier alpha value is -2.24. The van der Waals surface area contributed by atoms with Gasteiger partial charge in [0.15, 0.2) is 0 Å². The van der Waals surface area contributed by atoms with Crippen molar-refractivity contribution in [3.8, 4) is 0 Å². The van der Waals surface area contributed by atoms with Crippen LogP contribution in [0.15, 0.2) is 54.6 Å². The molecule has 3 rings (SSSR count). The van der Waals surface area contributed by atoms with Gasteiger partial charge in [0.1, 0.15) is 0 Å². The molecule has 0 bridgehead atoms. The Kier molecular flexibility index (Phi) is 5.00. The standard InChI is InChI=1S/C18H21N3O2/c22-21(23)18-8-6-15(7-9-18)12-19-17-10-11-20(14-17)13-16-4-2-1-3-5-16/h1-9,17,19H,10-14H2. The molecule has 1 heterocycles. The lowest BCUT2D eigenvalue weighted by Gasteiger charge is -2.17. The third-order valence-corrected chi connectivity index (χ3v) is 4.26. The van der Waals surface area contributed by atoms with Crippen molar-refractivity contribution in [2.75, 3.05) is 13.1 Å². The molecule has 2 aromatic rings. The number of nitro benzene ring substituents is 1. The molecule has 2 aromatic carbocycles. The zero-order chi connectivity index (χ0) is 16.1. The van der Waals surface area contributed by atoms with Crippen molar-refractivity contribution in [2.45, 2.75) is 25.6 Å². The molecule has 5 heteroatoms. The molecule has 0 aliphatic carbocycles. The predicted molar refractivity (Wildman–Crippen MR) is 90.1 cm³/mol. The number of hydrogen-bond acceptors (Lipinski definition) is 4. The SMILES string of the molecule is O=[N+]([O-])c1ccc(CNC2CCN(Cc3ccccc3)C2)cc1. The summed E-state index contributed by atoms with van der Waals surface area (Å²) in [7, 11) is 0. The number of benzene rings is 2. The van der Waals surface area contributed by atoms with E-state index in [1.165, 1.54) is 5.56 Å². The molecule has 23 heavy (non-hydrogen) atoms. The van der Waals surface area contributed by atoms with Crippen LogP contribution in [0.3, 0.4) is 0 Å². The van der Waals surface area contributed by atoms with Crippen LogP contribution < -0.4 is 5.32 Å². The molecule has 1 aliphatic rings. The summed E-state index contributed by atoms with van der Waals surface area (Å²) < 4.78 is 0. The number of hydrogen-bond donors (Lipinski definition) is 1. The third-order valence-electron chi connectivity index (χ3n) is 4.26. The van der Waals surface area contributed by atoms with Gasteiger partial charge in [-0.05, 0) is 17.5 Å². The minimum atomic E-state index is -0.365. The van der Waals surface area contributed by atoms with Gasteiger partial charge in [-0.25, -0.2) is 0 Å². The van der Waals surface area contributed by atoms with E-state index < -0.39 is 0 Å². The molecular weight excluding hydrogens is 290 g/mol. The number of likely N-dealkylation sites (tertiary alicyclic amines) is 1. The van der Waals surface area contributed by atoms with Crippen molar-refractivity contribution in [3.05, 3.63) is 75.8 Å². The van der Waals surface area contributed by atoms with E-state index in [9.17, 15) is 10.1 Å². The molecule has 0 amide bonds. The fourth-order valence-corrected chi connectivity index (χ4v) is 2.98. The molecule has 1 unspecified atom stereocenters. The summed E-state index contributed by atoms with van der Waals surface area (Å²) in [5.41, 5.74) is 2.57. The molecule has 5 nitrogen and oxygen atoms in total. The Morgan fingerprint density at radius 1 is 1.09 bits per heavy atom. The minimum Gasteiger partial charge on any atom is -0.309 e. The topological polar surface area (TPSA) is 58.4 Å². The lowest BCUT2D eigenvalue weighted by Crippen LogP contribution is -2.31. The van der Waals surface area contributed by atoms with Gasteiger partial charge in [0.05, 0.1) is 4.92 Å². The Labute approximate surface area is 136 Å².